The van der Waals surface area contributed by atoms with E-state index in [9.17, 15) is 22.8 Å². The predicted octanol–water partition coefficient (Wildman–Crippen LogP) is 2.83. The first-order chi connectivity index (χ1) is 13.1. The van der Waals surface area contributed by atoms with E-state index in [0.717, 1.165) is 0 Å². The number of carboxylic acids is 1. The Kier molecular flexibility index (Phi) is 5.53. The highest BCUT2D eigenvalue weighted by Gasteiger charge is 2.39. The van der Waals surface area contributed by atoms with E-state index in [1.807, 2.05) is 0 Å². The van der Waals surface area contributed by atoms with E-state index >= 15 is 0 Å². The van der Waals surface area contributed by atoms with E-state index in [2.05, 4.69) is 5.10 Å². The van der Waals surface area contributed by atoms with Crippen LogP contribution in [-0.4, -0.2) is 51.5 Å². The molecule has 0 saturated heterocycles. The average molecular weight is 420 g/mol. The van der Waals surface area contributed by atoms with Gasteiger partial charge in [-0.25, -0.2) is 4.68 Å². The van der Waals surface area contributed by atoms with Crippen LogP contribution in [0.15, 0.2) is 12.3 Å². The fraction of sp³-hybridized carbons (Fsp3) is 0.471. The molecule has 7 nitrogen and oxygen atoms in total. The number of hydrogen-bond acceptors (Lipinski definition) is 4. The lowest BCUT2D eigenvalue weighted by molar-refractivity contribution is -0.165. The van der Waals surface area contributed by atoms with Gasteiger partial charge in [-0.3, -0.25) is 9.59 Å². The Morgan fingerprint density at radius 1 is 1.46 bits per heavy atom. The zero-order chi connectivity index (χ0) is 20.6. The third-order valence-electron chi connectivity index (χ3n) is 4.60. The number of ether oxygens (including phenoxy) is 1. The third-order valence-corrected chi connectivity index (χ3v) is 4.89. The Bertz CT molecular complexity index is 928. The number of carbonyl (C=O) groups excluding carboxylic acids is 1. The minimum absolute atomic E-state index is 0.0139. The van der Waals surface area contributed by atoms with Crippen molar-refractivity contribution in [3.63, 3.8) is 0 Å². The third kappa shape index (κ3) is 4.07. The molecule has 1 amide bonds. The summed E-state index contributed by atoms with van der Waals surface area (Å²) in [6, 6.07) is 1.56. The van der Waals surface area contributed by atoms with E-state index in [-0.39, 0.29) is 19.7 Å². The molecule has 0 fully saturated rings. The van der Waals surface area contributed by atoms with E-state index in [1.54, 1.807) is 6.07 Å². The molecule has 1 aromatic carbocycles. The molecule has 11 heteroatoms. The van der Waals surface area contributed by atoms with Gasteiger partial charge in [0.25, 0.3) is 0 Å². The van der Waals surface area contributed by atoms with Gasteiger partial charge in [0.05, 0.1) is 29.1 Å². The van der Waals surface area contributed by atoms with Crippen molar-refractivity contribution in [1.29, 1.82) is 0 Å². The standard InChI is InChI=1S/C17H17ClF3N3O4/c1-28-8-24-15-11(5-22-24)12-6-23(7-17(19,20)21)16(27)10(4-14(25)26)2-9(12)3-13(15)18/h3,5,10H,2,4,6-8H2,1H3,(H,25,26)/t10-/m0/s1. The molecule has 1 aliphatic heterocycles. The summed E-state index contributed by atoms with van der Waals surface area (Å²) in [6.45, 7) is -1.68. The lowest BCUT2D eigenvalue weighted by atomic mass is 9.93. The van der Waals surface area contributed by atoms with Gasteiger partial charge >= 0.3 is 12.1 Å². The molecule has 3 rings (SSSR count). The number of aliphatic carboxylic acids is 1. The van der Waals surface area contributed by atoms with Crippen molar-refractivity contribution in [3.05, 3.63) is 28.4 Å². The molecule has 0 aliphatic carbocycles. The fourth-order valence-electron chi connectivity index (χ4n) is 3.53. The fourth-order valence-corrected chi connectivity index (χ4v) is 3.86. The van der Waals surface area contributed by atoms with E-state index in [1.165, 1.54) is 18.0 Å². The van der Waals surface area contributed by atoms with Crippen LogP contribution in [0, 0.1) is 5.92 Å². The van der Waals surface area contributed by atoms with Crippen molar-refractivity contribution in [3.8, 4) is 0 Å². The Morgan fingerprint density at radius 2 is 2.18 bits per heavy atom. The minimum atomic E-state index is -4.61. The normalized spacial score (nSPS) is 17.7. The highest BCUT2D eigenvalue weighted by atomic mass is 35.5. The zero-order valence-electron chi connectivity index (χ0n) is 14.8. The Morgan fingerprint density at radius 3 is 2.79 bits per heavy atom. The van der Waals surface area contributed by atoms with Gasteiger partial charge in [-0.05, 0) is 23.6 Å². The van der Waals surface area contributed by atoms with Crippen LogP contribution in [0.3, 0.4) is 0 Å². The molecule has 152 valence electrons. The molecule has 1 aromatic heterocycles. The minimum Gasteiger partial charge on any atom is -0.481 e. The number of fused-ring (bicyclic) bond motifs is 3. The molecule has 0 radical (unpaired) electrons. The summed E-state index contributed by atoms with van der Waals surface area (Å²) < 4.78 is 45.6. The van der Waals surface area contributed by atoms with Crippen LogP contribution >= 0.6 is 11.6 Å². The molecule has 0 saturated carbocycles. The smallest absolute Gasteiger partial charge is 0.406 e. The maximum absolute atomic E-state index is 13.0. The number of amides is 1. The number of alkyl halides is 3. The Labute approximate surface area is 162 Å². The van der Waals surface area contributed by atoms with Gasteiger partial charge in [-0.15, -0.1) is 0 Å². The maximum atomic E-state index is 13.0. The second kappa shape index (κ2) is 7.59. The summed E-state index contributed by atoms with van der Waals surface area (Å²) in [6.07, 6.45) is -3.72. The molecule has 2 heterocycles. The van der Waals surface area contributed by atoms with E-state index < -0.39 is 36.9 Å². The topological polar surface area (TPSA) is 84.7 Å². The van der Waals surface area contributed by atoms with Gasteiger partial charge in [0.1, 0.15) is 13.3 Å². The monoisotopic (exact) mass is 419 g/mol. The van der Waals surface area contributed by atoms with Crippen molar-refractivity contribution in [1.82, 2.24) is 14.7 Å². The number of nitrogens with zero attached hydrogens (tertiary/aromatic N) is 3. The summed E-state index contributed by atoms with van der Waals surface area (Å²) in [5.41, 5.74) is 1.50. The number of methoxy groups -OCH3 is 1. The van der Waals surface area contributed by atoms with Gasteiger partial charge < -0.3 is 14.7 Å². The van der Waals surface area contributed by atoms with E-state index in [0.29, 0.717) is 32.0 Å². The number of carboxylic acid groups (broad SMARTS) is 1. The first kappa shape index (κ1) is 20.4. The van der Waals surface area contributed by atoms with Crippen molar-refractivity contribution >= 4 is 34.4 Å². The lowest BCUT2D eigenvalue weighted by Gasteiger charge is -2.25. The van der Waals surface area contributed by atoms with Crippen LogP contribution in [0.4, 0.5) is 13.2 Å². The maximum Gasteiger partial charge on any atom is 0.406 e. The molecule has 0 bridgehead atoms. The molecule has 0 unspecified atom stereocenters. The average Bonchev–Trinajstić information content (AvgIpc) is 2.94. The van der Waals surface area contributed by atoms with Crippen LogP contribution < -0.4 is 0 Å². The largest absolute Gasteiger partial charge is 0.481 e. The van der Waals surface area contributed by atoms with Crippen molar-refractivity contribution in [2.24, 2.45) is 5.92 Å². The Balaban J connectivity index is 2.14. The van der Waals surface area contributed by atoms with Crippen molar-refractivity contribution in [2.75, 3.05) is 13.7 Å². The number of rotatable bonds is 5. The van der Waals surface area contributed by atoms with Gasteiger partial charge in [0.2, 0.25) is 5.91 Å². The Hall–Kier alpha value is -2.33. The number of halogens is 4. The number of hydrogen-bond donors (Lipinski definition) is 1. The van der Waals surface area contributed by atoms with E-state index in [4.69, 9.17) is 21.4 Å². The van der Waals surface area contributed by atoms with Gasteiger partial charge in [-0.2, -0.15) is 18.3 Å². The summed E-state index contributed by atoms with van der Waals surface area (Å²) in [5.74, 6) is -3.21. The zero-order valence-corrected chi connectivity index (χ0v) is 15.5. The molecule has 28 heavy (non-hydrogen) atoms. The highest BCUT2D eigenvalue weighted by Crippen LogP contribution is 2.35. The quantitative estimate of drug-likeness (QED) is 0.805. The SMILES string of the molecule is COCn1ncc2c3c(cc(Cl)c21)C[C@@H](CC(=O)O)C(=O)N(CC(F)(F)F)C3. The van der Waals surface area contributed by atoms with Crippen LogP contribution in [0.5, 0.6) is 0 Å². The second-order valence-corrected chi connectivity index (χ2v) is 7.04. The molecular formula is C17H17ClF3N3O4. The van der Waals surface area contributed by atoms with Crippen molar-refractivity contribution < 1.29 is 32.6 Å². The number of carbonyl (C=O) groups is 2. The van der Waals surface area contributed by atoms with Crippen LogP contribution in [0.25, 0.3) is 10.9 Å². The second-order valence-electron chi connectivity index (χ2n) is 6.63. The summed E-state index contributed by atoms with van der Waals surface area (Å²) in [5, 5.41) is 14.1. The number of benzene rings is 1. The summed E-state index contributed by atoms with van der Waals surface area (Å²) in [7, 11) is 1.46. The van der Waals surface area contributed by atoms with Gasteiger partial charge in [-0.1, -0.05) is 11.6 Å². The molecule has 0 spiro atoms. The van der Waals surface area contributed by atoms with Gasteiger partial charge in [0.15, 0.2) is 0 Å². The first-order valence-electron chi connectivity index (χ1n) is 8.32. The first-order valence-corrected chi connectivity index (χ1v) is 8.70. The predicted molar refractivity (Wildman–Crippen MR) is 92.7 cm³/mol. The van der Waals surface area contributed by atoms with Crippen LogP contribution in [-0.2, 0) is 34.0 Å². The number of aromatic nitrogens is 2. The summed E-state index contributed by atoms with van der Waals surface area (Å²) >= 11 is 6.35. The molecule has 2 aromatic rings. The van der Waals surface area contributed by atoms with Crippen LogP contribution in [0.2, 0.25) is 5.02 Å². The van der Waals surface area contributed by atoms with Crippen molar-refractivity contribution in [2.45, 2.75) is 32.3 Å². The molecule has 1 N–H and O–H groups in total. The molecule has 1 aliphatic rings. The highest BCUT2D eigenvalue weighted by molar-refractivity contribution is 6.35. The summed E-state index contributed by atoms with van der Waals surface area (Å²) in [4.78, 5) is 24.4. The van der Waals surface area contributed by atoms with Crippen LogP contribution in [0.1, 0.15) is 17.5 Å². The molecule has 1 atom stereocenters. The molecular weight excluding hydrogens is 403 g/mol. The lowest BCUT2D eigenvalue weighted by Crippen LogP contribution is -2.41. The van der Waals surface area contributed by atoms with Gasteiger partial charge in [0, 0.05) is 19.0 Å².